The van der Waals surface area contributed by atoms with Gasteiger partial charge in [-0.05, 0) is 56.1 Å². The summed E-state index contributed by atoms with van der Waals surface area (Å²) in [5.41, 5.74) is 5.42. The van der Waals surface area contributed by atoms with E-state index in [0.29, 0.717) is 0 Å². The second kappa shape index (κ2) is 8.93. The minimum Gasteiger partial charge on any atom is -0.309 e. The predicted molar refractivity (Wildman–Crippen MR) is 84.1 cm³/mol. The van der Waals surface area contributed by atoms with Crippen molar-refractivity contribution in [3.05, 3.63) is 41.5 Å². The predicted octanol–water partition coefficient (Wildman–Crippen LogP) is 4.55. The zero-order valence-electron chi connectivity index (χ0n) is 13.0. The van der Waals surface area contributed by atoms with Crippen molar-refractivity contribution in [2.24, 2.45) is 0 Å². The summed E-state index contributed by atoms with van der Waals surface area (Å²) in [5.74, 6) is 0. The minimum absolute atomic E-state index is 1.05. The van der Waals surface area contributed by atoms with E-state index in [2.05, 4.69) is 57.6 Å². The Morgan fingerprint density at radius 2 is 1.83 bits per heavy atom. The molecule has 0 aromatic heterocycles. The molecule has 0 atom stereocenters. The van der Waals surface area contributed by atoms with Gasteiger partial charge in [0.1, 0.15) is 0 Å². The third-order valence-corrected chi connectivity index (χ3v) is 2.95. The maximum Gasteiger partial charge on any atom is 0.00157 e. The molecule has 0 spiro atoms. The van der Waals surface area contributed by atoms with Crippen molar-refractivity contribution >= 4 is 5.57 Å². The monoisotopic (exact) mass is 247 g/mol. The number of nitrogens with zero attached hydrogens (tertiary/aromatic N) is 1. The summed E-state index contributed by atoms with van der Waals surface area (Å²) in [5, 5.41) is 0. The van der Waals surface area contributed by atoms with Crippen LogP contribution in [0.1, 0.15) is 43.9 Å². The molecule has 1 aromatic rings. The van der Waals surface area contributed by atoms with E-state index in [1.54, 1.807) is 0 Å². The Hall–Kier alpha value is -1.08. The molecule has 0 unspecified atom stereocenters. The third-order valence-electron chi connectivity index (χ3n) is 2.95. The molecular weight excluding hydrogens is 218 g/mol. The van der Waals surface area contributed by atoms with Crippen LogP contribution >= 0.6 is 0 Å². The van der Waals surface area contributed by atoms with Gasteiger partial charge in [0.15, 0.2) is 0 Å². The highest BCUT2D eigenvalue weighted by Crippen LogP contribution is 2.25. The average Bonchev–Trinajstić information content (AvgIpc) is 2.37. The number of hydrogen-bond donors (Lipinski definition) is 0. The number of hydrogen-bond acceptors (Lipinski definition) is 1. The first-order valence-electron chi connectivity index (χ1n) is 6.97. The SMILES string of the molecule is C=C(CCN(C)C)c1c(C)cccc1CC.CC. The van der Waals surface area contributed by atoms with Gasteiger partial charge in [0, 0.05) is 6.54 Å². The highest BCUT2D eigenvalue weighted by Gasteiger charge is 2.07. The summed E-state index contributed by atoms with van der Waals surface area (Å²) in [6.45, 7) is 13.7. The fourth-order valence-electron chi connectivity index (χ4n) is 2.01. The van der Waals surface area contributed by atoms with Crippen molar-refractivity contribution in [3.63, 3.8) is 0 Å². The van der Waals surface area contributed by atoms with E-state index in [9.17, 15) is 0 Å². The Kier molecular flexibility index (Phi) is 8.40. The molecule has 0 fully saturated rings. The first-order chi connectivity index (χ1) is 8.56. The molecule has 0 amide bonds. The number of benzene rings is 1. The molecule has 0 saturated heterocycles. The maximum absolute atomic E-state index is 4.24. The van der Waals surface area contributed by atoms with E-state index in [1.165, 1.54) is 22.3 Å². The van der Waals surface area contributed by atoms with Crippen LogP contribution in [-0.2, 0) is 6.42 Å². The fourth-order valence-corrected chi connectivity index (χ4v) is 2.01. The van der Waals surface area contributed by atoms with E-state index in [4.69, 9.17) is 0 Å². The second-order valence-corrected chi connectivity index (χ2v) is 4.62. The summed E-state index contributed by atoms with van der Waals surface area (Å²) in [7, 11) is 4.21. The van der Waals surface area contributed by atoms with Crippen LogP contribution in [0.3, 0.4) is 0 Å². The standard InChI is InChI=1S/C15H23N.C2H6/c1-6-14-9-7-8-12(2)15(14)13(3)10-11-16(4)5;1-2/h7-9H,3,6,10-11H2,1-2,4-5H3;1-2H3. The molecule has 1 heteroatoms. The summed E-state index contributed by atoms with van der Waals surface area (Å²) < 4.78 is 0. The average molecular weight is 247 g/mol. The van der Waals surface area contributed by atoms with E-state index < -0.39 is 0 Å². The van der Waals surface area contributed by atoms with E-state index >= 15 is 0 Å². The van der Waals surface area contributed by atoms with Crippen LogP contribution in [0.15, 0.2) is 24.8 Å². The highest BCUT2D eigenvalue weighted by atomic mass is 15.0. The van der Waals surface area contributed by atoms with E-state index in [0.717, 1.165) is 19.4 Å². The van der Waals surface area contributed by atoms with Crippen molar-refractivity contribution in [1.82, 2.24) is 4.90 Å². The molecule has 1 nitrogen and oxygen atoms in total. The molecular formula is C17H29N. The smallest absolute Gasteiger partial charge is 0.00157 e. The Labute approximate surface area is 114 Å². The van der Waals surface area contributed by atoms with Crippen molar-refractivity contribution in [2.45, 2.75) is 40.5 Å². The van der Waals surface area contributed by atoms with Gasteiger partial charge in [0.05, 0.1) is 0 Å². The van der Waals surface area contributed by atoms with Gasteiger partial charge in [-0.15, -0.1) is 0 Å². The number of rotatable bonds is 5. The lowest BCUT2D eigenvalue weighted by Crippen LogP contribution is -2.13. The Morgan fingerprint density at radius 3 is 2.33 bits per heavy atom. The minimum atomic E-state index is 1.05. The second-order valence-electron chi connectivity index (χ2n) is 4.62. The summed E-state index contributed by atoms with van der Waals surface area (Å²) in [4.78, 5) is 2.20. The van der Waals surface area contributed by atoms with Gasteiger partial charge in [-0.3, -0.25) is 0 Å². The topological polar surface area (TPSA) is 3.24 Å². The van der Waals surface area contributed by atoms with Crippen LogP contribution in [0.4, 0.5) is 0 Å². The third kappa shape index (κ3) is 5.05. The first-order valence-corrected chi connectivity index (χ1v) is 6.97. The Morgan fingerprint density at radius 1 is 1.22 bits per heavy atom. The van der Waals surface area contributed by atoms with Crippen LogP contribution in [0.5, 0.6) is 0 Å². The quantitative estimate of drug-likeness (QED) is 0.738. The van der Waals surface area contributed by atoms with Crippen LogP contribution in [-0.4, -0.2) is 25.5 Å². The highest BCUT2D eigenvalue weighted by molar-refractivity contribution is 5.69. The summed E-state index contributed by atoms with van der Waals surface area (Å²) in [6.07, 6.45) is 2.13. The molecule has 0 saturated carbocycles. The van der Waals surface area contributed by atoms with Gasteiger partial charge in [0.2, 0.25) is 0 Å². The van der Waals surface area contributed by atoms with Gasteiger partial charge in [-0.25, -0.2) is 0 Å². The first kappa shape index (κ1) is 16.9. The van der Waals surface area contributed by atoms with Gasteiger partial charge >= 0.3 is 0 Å². The van der Waals surface area contributed by atoms with Crippen molar-refractivity contribution < 1.29 is 0 Å². The molecule has 1 aromatic carbocycles. The lowest BCUT2D eigenvalue weighted by atomic mass is 9.93. The van der Waals surface area contributed by atoms with Crippen LogP contribution in [0.2, 0.25) is 0 Å². The molecule has 18 heavy (non-hydrogen) atoms. The van der Waals surface area contributed by atoms with E-state index in [-0.39, 0.29) is 0 Å². The Balaban J connectivity index is 0.00000137. The molecule has 0 N–H and O–H groups in total. The van der Waals surface area contributed by atoms with Crippen LogP contribution in [0, 0.1) is 6.92 Å². The van der Waals surface area contributed by atoms with Crippen molar-refractivity contribution in [1.29, 1.82) is 0 Å². The zero-order valence-corrected chi connectivity index (χ0v) is 13.0. The lowest BCUT2D eigenvalue weighted by Gasteiger charge is -2.16. The lowest BCUT2D eigenvalue weighted by molar-refractivity contribution is 0.419. The van der Waals surface area contributed by atoms with Gasteiger partial charge < -0.3 is 4.90 Å². The molecule has 1 rings (SSSR count). The molecule has 0 bridgehead atoms. The summed E-state index contributed by atoms with van der Waals surface area (Å²) in [6, 6.07) is 6.52. The van der Waals surface area contributed by atoms with Gasteiger partial charge in [-0.2, -0.15) is 0 Å². The summed E-state index contributed by atoms with van der Waals surface area (Å²) >= 11 is 0. The fraction of sp³-hybridized carbons (Fsp3) is 0.529. The molecule has 102 valence electrons. The molecule has 0 heterocycles. The van der Waals surface area contributed by atoms with Crippen LogP contribution in [0.25, 0.3) is 5.57 Å². The molecule has 0 radical (unpaired) electrons. The van der Waals surface area contributed by atoms with Crippen LogP contribution < -0.4 is 0 Å². The van der Waals surface area contributed by atoms with Gasteiger partial charge in [0.25, 0.3) is 0 Å². The van der Waals surface area contributed by atoms with Crippen molar-refractivity contribution in [2.75, 3.05) is 20.6 Å². The maximum atomic E-state index is 4.24. The van der Waals surface area contributed by atoms with Gasteiger partial charge in [-0.1, -0.05) is 45.5 Å². The molecule has 0 aliphatic heterocycles. The normalized spacial score (nSPS) is 9.94. The zero-order chi connectivity index (χ0) is 14.1. The Bertz CT molecular complexity index is 364. The number of aryl methyl sites for hydroxylation is 2. The molecule has 0 aliphatic rings. The van der Waals surface area contributed by atoms with E-state index in [1.807, 2.05) is 13.8 Å². The van der Waals surface area contributed by atoms with Crippen molar-refractivity contribution in [3.8, 4) is 0 Å². The molecule has 0 aliphatic carbocycles. The largest absolute Gasteiger partial charge is 0.309 e.